The molecule has 5 nitrogen and oxygen atoms in total. The van der Waals surface area contributed by atoms with Crippen LogP contribution in [0.2, 0.25) is 0 Å². The smallest absolute Gasteiger partial charge is 0.236 e. The van der Waals surface area contributed by atoms with Gasteiger partial charge in [-0.2, -0.15) is 4.31 Å². The van der Waals surface area contributed by atoms with Crippen molar-refractivity contribution in [1.29, 1.82) is 0 Å². The van der Waals surface area contributed by atoms with Gasteiger partial charge in [0.25, 0.3) is 0 Å². The van der Waals surface area contributed by atoms with Gasteiger partial charge in [-0.1, -0.05) is 60.7 Å². The number of benzene rings is 2. The molecule has 0 aliphatic carbocycles. The number of hydrogen-bond donors (Lipinski definition) is 0. The first-order valence-corrected chi connectivity index (χ1v) is 11.0. The van der Waals surface area contributed by atoms with E-state index in [4.69, 9.17) is 0 Å². The van der Waals surface area contributed by atoms with E-state index in [-0.39, 0.29) is 11.8 Å². The standard InChI is InChI=1S/C22H26N2O3S/c1-23(18-20-10-6-3-7-11-20)22(25)21-12-15-24(16-13-21)28(26,27)17-14-19-8-4-2-5-9-19/h2-11,14,17,21H,12-13,15-16,18H2,1H3. The molecule has 0 bridgehead atoms. The highest BCUT2D eigenvalue weighted by Crippen LogP contribution is 2.23. The lowest BCUT2D eigenvalue weighted by Crippen LogP contribution is -2.42. The van der Waals surface area contributed by atoms with Crippen LogP contribution in [0.4, 0.5) is 0 Å². The molecule has 2 aromatic carbocycles. The van der Waals surface area contributed by atoms with Gasteiger partial charge >= 0.3 is 0 Å². The van der Waals surface area contributed by atoms with Gasteiger partial charge in [-0.3, -0.25) is 4.79 Å². The Kier molecular flexibility index (Phi) is 6.65. The zero-order chi connectivity index (χ0) is 20.0. The summed E-state index contributed by atoms with van der Waals surface area (Å²) in [5.41, 5.74) is 1.93. The molecular weight excluding hydrogens is 372 g/mol. The summed E-state index contributed by atoms with van der Waals surface area (Å²) in [6.45, 7) is 1.31. The first-order chi connectivity index (χ1) is 13.5. The van der Waals surface area contributed by atoms with Crippen LogP contribution in [0.25, 0.3) is 6.08 Å². The van der Waals surface area contributed by atoms with Crippen LogP contribution in [0, 0.1) is 5.92 Å². The zero-order valence-corrected chi connectivity index (χ0v) is 16.9. The molecule has 28 heavy (non-hydrogen) atoms. The van der Waals surface area contributed by atoms with Gasteiger partial charge in [0.2, 0.25) is 15.9 Å². The predicted molar refractivity (Wildman–Crippen MR) is 112 cm³/mol. The molecule has 148 valence electrons. The van der Waals surface area contributed by atoms with E-state index in [9.17, 15) is 13.2 Å². The molecule has 6 heteroatoms. The van der Waals surface area contributed by atoms with Crippen molar-refractivity contribution in [1.82, 2.24) is 9.21 Å². The van der Waals surface area contributed by atoms with Crippen LogP contribution in [0.15, 0.2) is 66.1 Å². The highest BCUT2D eigenvalue weighted by Gasteiger charge is 2.31. The molecule has 0 unspecified atom stereocenters. The van der Waals surface area contributed by atoms with Gasteiger partial charge in [0.15, 0.2) is 0 Å². The van der Waals surface area contributed by atoms with Gasteiger partial charge in [-0.15, -0.1) is 0 Å². The highest BCUT2D eigenvalue weighted by atomic mass is 32.2. The molecular formula is C22H26N2O3S. The Hall–Kier alpha value is -2.44. The van der Waals surface area contributed by atoms with Crippen LogP contribution in [-0.2, 0) is 21.4 Å². The fourth-order valence-electron chi connectivity index (χ4n) is 3.42. The molecule has 0 atom stereocenters. The van der Waals surface area contributed by atoms with Gasteiger partial charge in [-0.05, 0) is 30.0 Å². The van der Waals surface area contributed by atoms with E-state index in [1.807, 2.05) is 60.7 Å². The average Bonchev–Trinajstić information content (AvgIpc) is 2.73. The van der Waals surface area contributed by atoms with Crippen molar-refractivity contribution >= 4 is 22.0 Å². The molecule has 1 fully saturated rings. The van der Waals surface area contributed by atoms with E-state index in [0.717, 1.165) is 11.1 Å². The molecule has 1 aliphatic rings. The summed E-state index contributed by atoms with van der Waals surface area (Å²) in [6.07, 6.45) is 2.72. The number of nitrogens with zero attached hydrogens (tertiary/aromatic N) is 2. The third kappa shape index (κ3) is 5.30. The Morgan fingerprint density at radius 2 is 1.61 bits per heavy atom. The average molecular weight is 399 g/mol. The van der Waals surface area contributed by atoms with Crippen molar-refractivity contribution in [2.75, 3.05) is 20.1 Å². The van der Waals surface area contributed by atoms with E-state index in [0.29, 0.717) is 32.5 Å². The maximum atomic E-state index is 12.7. The molecule has 1 aliphatic heterocycles. The van der Waals surface area contributed by atoms with Crippen LogP contribution in [-0.4, -0.2) is 43.7 Å². The van der Waals surface area contributed by atoms with Crippen LogP contribution in [0.1, 0.15) is 24.0 Å². The second kappa shape index (κ2) is 9.17. The zero-order valence-electron chi connectivity index (χ0n) is 16.1. The number of amides is 1. The summed E-state index contributed by atoms with van der Waals surface area (Å²) in [5.74, 6) is -0.0426. The summed E-state index contributed by atoms with van der Waals surface area (Å²) in [4.78, 5) is 14.4. The number of carbonyl (C=O) groups excluding carboxylic acids is 1. The topological polar surface area (TPSA) is 57.7 Å². The van der Waals surface area contributed by atoms with Gasteiger partial charge < -0.3 is 4.90 Å². The second-order valence-corrected chi connectivity index (χ2v) is 8.93. The largest absolute Gasteiger partial charge is 0.341 e. The molecule has 1 heterocycles. The van der Waals surface area contributed by atoms with Crippen molar-refractivity contribution in [2.45, 2.75) is 19.4 Å². The Labute approximate surface area is 167 Å². The van der Waals surface area contributed by atoms with E-state index in [2.05, 4.69) is 0 Å². The van der Waals surface area contributed by atoms with Gasteiger partial charge in [0, 0.05) is 38.0 Å². The molecule has 2 aromatic rings. The van der Waals surface area contributed by atoms with Crippen molar-refractivity contribution in [3.63, 3.8) is 0 Å². The summed E-state index contributed by atoms with van der Waals surface area (Å²) >= 11 is 0. The van der Waals surface area contributed by atoms with Gasteiger partial charge in [-0.25, -0.2) is 8.42 Å². The minimum atomic E-state index is -3.47. The third-order valence-corrected chi connectivity index (χ3v) is 6.60. The summed E-state index contributed by atoms with van der Waals surface area (Å²) in [7, 11) is -1.66. The number of hydrogen-bond acceptors (Lipinski definition) is 3. The molecule has 0 aromatic heterocycles. The normalized spacial score (nSPS) is 16.3. The number of piperidine rings is 1. The molecule has 3 rings (SSSR count). The fourth-order valence-corrected chi connectivity index (χ4v) is 4.64. The summed E-state index contributed by atoms with van der Waals surface area (Å²) in [5, 5.41) is 1.26. The van der Waals surface area contributed by atoms with Gasteiger partial charge in [0.05, 0.1) is 0 Å². The number of carbonyl (C=O) groups is 1. The fraction of sp³-hybridized carbons (Fsp3) is 0.318. The Morgan fingerprint density at radius 1 is 1.04 bits per heavy atom. The molecule has 0 radical (unpaired) electrons. The van der Waals surface area contributed by atoms with Crippen molar-refractivity contribution in [3.05, 3.63) is 77.2 Å². The molecule has 0 spiro atoms. The van der Waals surface area contributed by atoms with Crippen molar-refractivity contribution in [3.8, 4) is 0 Å². The lowest BCUT2D eigenvalue weighted by atomic mass is 9.96. The maximum Gasteiger partial charge on any atom is 0.236 e. The van der Waals surface area contributed by atoms with Crippen LogP contribution < -0.4 is 0 Å². The van der Waals surface area contributed by atoms with E-state index >= 15 is 0 Å². The quantitative estimate of drug-likeness (QED) is 0.750. The Morgan fingerprint density at radius 3 is 2.21 bits per heavy atom. The van der Waals surface area contributed by atoms with E-state index in [1.165, 1.54) is 9.71 Å². The second-order valence-electron chi connectivity index (χ2n) is 7.11. The van der Waals surface area contributed by atoms with Crippen molar-refractivity contribution < 1.29 is 13.2 Å². The van der Waals surface area contributed by atoms with Crippen LogP contribution in [0.5, 0.6) is 0 Å². The Bertz CT molecular complexity index is 903. The first kappa shape index (κ1) is 20.3. The summed E-state index contributed by atoms with van der Waals surface area (Å²) in [6, 6.07) is 19.2. The first-order valence-electron chi connectivity index (χ1n) is 9.48. The minimum Gasteiger partial charge on any atom is -0.341 e. The van der Waals surface area contributed by atoms with Crippen LogP contribution in [0.3, 0.4) is 0 Å². The SMILES string of the molecule is CN(Cc1ccccc1)C(=O)C1CCN(S(=O)(=O)C=Cc2ccccc2)CC1. The third-order valence-electron chi connectivity index (χ3n) is 5.03. The monoisotopic (exact) mass is 398 g/mol. The minimum absolute atomic E-state index is 0.0840. The molecule has 0 saturated carbocycles. The lowest BCUT2D eigenvalue weighted by molar-refractivity contribution is -0.135. The van der Waals surface area contributed by atoms with Crippen molar-refractivity contribution in [2.24, 2.45) is 5.92 Å². The molecule has 0 N–H and O–H groups in total. The highest BCUT2D eigenvalue weighted by molar-refractivity contribution is 7.92. The van der Waals surface area contributed by atoms with E-state index in [1.54, 1.807) is 18.0 Å². The molecule has 1 amide bonds. The predicted octanol–water partition coefficient (Wildman–Crippen LogP) is 3.36. The Balaban J connectivity index is 1.54. The maximum absolute atomic E-state index is 12.7. The lowest BCUT2D eigenvalue weighted by Gasteiger charge is -2.32. The van der Waals surface area contributed by atoms with E-state index < -0.39 is 10.0 Å². The number of rotatable bonds is 6. The van der Waals surface area contributed by atoms with Gasteiger partial charge in [0.1, 0.15) is 0 Å². The molecule has 1 saturated heterocycles. The van der Waals surface area contributed by atoms with Crippen LogP contribution >= 0.6 is 0 Å². The summed E-state index contributed by atoms with van der Waals surface area (Å²) < 4.78 is 26.6. The number of sulfonamides is 1.